The first-order valence-corrected chi connectivity index (χ1v) is 7.44. The van der Waals surface area contributed by atoms with Gasteiger partial charge in [0.05, 0.1) is 11.7 Å². The van der Waals surface area contributed by atoms with E-state index in [1.54, 1.807) is 0 Å². The maximum absolute atomic E-state index is 5.44. The lowest BCUT2D eigenvalue weighted by molar-refractivity contribution is 0.965. The number of hydrogen-bond donors (Lipinski definition) is 3. The predicted octanol–water partition coefficient (Wildman–Crippen LogP) is 3.37. The first-order valence-electron chi connectivity index (χ1n) is 5.06. The molecule has 0 unspecified atom stereocenters. The molecule has 0 atom stereocenters. The van der Waals surface area contributed by atoms with Crippen molar-refractivity contribution in [3.05, 3.63) is 25.6 Å². The molecule has 4 N–H and O–H groups in total. The minimum atomic E-state index is 0.404. The zero-order chi connectivity index (χ0) is 12.4. The highest BCUT2D eigenvalue weighted by atomic mass is 79.9. The average Bonchev–Trinajstić information content (AvgIpc) is 3.05. The van der Waals surface area contributed by atoms with Crippen molar-refractivity contribution in [1.29, 1.82) is 0 Å². The smallest absolute Gasteiger partial charge is 0.210 e. The van der Waals surface area contributed by atoms with Gasteiger partial charge in [-0.05, 0) is 56.8 Å². The van der Waals surface area contributed by atoms with Gasteiger partial charge in [0.15, 0.2) is 0 Å². The lowest BCUT2D eigenvalue weighted by atomic mass is 10.3. The van der Waals surface area contributed by atoms with Crippen molar-refractivity contribution < 1.29 is 0 Å². The van der Waals surface area contributed by atoms with E-state index in [2.05, 4.69) is 63.5 Å². The van der Waals surface area contributed by atoms with Crippen LogP contribution in [0.2, 0.25) is 0 Å². The fourth-order valence-electron chi connectivity index (χ4n) is 1.27. The molecular formula is C10H11Br3N4. The molecule has 0 spiro atoms. The average molecular weight is 427 g/mol. The summed E-state index contributed by atoms with van der Waals surface area (Å²) >= 11 is 10.4. The summed E-state index contributed by atoms with van der Waals surface area (Å²) in [6.07, 6.45) is 2.27. The van der Waals surface area contributed by atoms with E-state index in [1.165, 1.54) is 0 Å². The minimum absolute atomic E-state index is 0.404. The summed E-state index contributed by atoms with van der Waals surface area (Å²) in [5, 5.41) is 3.16. The number of nitrogens with zero attached hydrogens (tertiary/aromatic N) is 1. The molecule has 1 aromatic rings. The first kappa shape index (κ1) is 13.3. The van der Waals surface area contributed by atoms with E-state index >= 15 is 0 Å². The molecular weight excluding hydrogens is 416 g/mol. The molecule has 0 bridgehead atoms. The van der Waals surface area contributed by atoms with Gasteiger partial charge in [-0.3, -0.25) is 5.43 Å². The molecule has 0 aliphatic heterocycles. The van der Waals surface area contributed by atoms with E-state index in [0.29, 0.717) is 12.0 Å². The standard InChI is InChI=1S/C10H11Br3N4/c11-5-3-7(12)9(8(13)4-5)16-10(17-14)15-6-1-2-6/h3-4,6H,1-2,14H2,(H2,15,16,17). The van der Waals surface area contributed by atoms with Gasteiger partial charge >= 0.3 is 0 Å². The third-order valence-corrected chi connectivity index (χ3v) is 3.95. The van der Waals surface area contributed by atoms with Gasteiger partial charge in [-0.1, -0.05) is 15.9 Å². The third-order valence-electron chi connectivity index (χ3n) is 2.25. The van der Waals surface area contributed by atoms with Crippen molar-refractivity contribution in [3.8, 4) is 0 Å². The summed E-state index contributed by atoms with van der Waals surface area (Å²) in [6.45, 7) is 0. The summed E-state index contributed by atoms with van der Waals surface area (Å²) in [5.74, 6) is 6.02. The van der Waals surface area contributed by atoms with Gasteiger partial charge in [-0.15, -0.1) is 0 Å². The number of benzene rings is 1. The Morgan fingerprint density at radius 1 is 1.24 bits per heavy atom. The van der Waals surface area contributed by atoms with Gasteiger partial charge in [0.2, 0.25) is 5.96 Å². The SMILES string of the molecule is NNC(=NC1CC1)Nc1c(Br)cc(Br)cc1Br. The summed E-state index contributed by atoms with van der Waals surface area (Å²) in [7, 11) is 0. The van der Waals surface area contributed by atoms with Crippen LogP contribution in [0.1, 0.15) is 12.8 Å². The topological polar surface area (TPSA) is 62.4 Å². The molecule has 1 aromatic carbocycles. The molecule has 0 amide bonds. The highest BCUT2D eigenvalue weighted by molar-refractivity contribution is 9.11. The number of halogens is 3. The van der Waals surface area contributed by atoms with Crippen molar-refractivity contribution in [2.75, 3.05) is 5.32 Å². The Labute approximate surface area is 125 Å². The maximum Gasteiger partial charge on any atom is 0.210 e. The Bertz CT molecular complexity index is 434. The molecule has 1 saturated carbocycles. The van der Waals surface area contributed by atoms with Crippen LogP contribution < -0.4 is 16.6 Å². The van der Waals surface area contributed by atoms with Crippen LogP contribution in [0.15, 0.2) is 30.5 Å². The number of nitrogens with two attached hydrogens (primary N) is 1. The van der Waals surface area contributed by atoms with E-state index in [9.17, 15) is 0 Å². The highest BCUT2D eigenvalue weighted by Gasteiger charge is 2.21. The molecule has 1 aliphatic carbocycles. The molecule has 1 fully saturated rings. The van der Waals surface area contributed by atoms with E-state index in [0.717, 1.165) is 31.9 Å². The number of hydrazine groups is 1. The number of aliphatic imine (C=N–C) groups is 1. The fourth-order valence-corrected chi connectivity index (χ4v) is 3.73. The van der Waals surface area contributed by atoms with Crippen LogP contribution in [0.4, 0.5) is 5.69 Å². The van der Waals surface area contributed by atoms with Crippen LogP contribution >= 0.6 is 47.8 Å². The Balaban J connectivity index is 2.22. The second kappa shape index (κ2) is 5.69. The Kier molecular flexibility index (Phi) is 4.46. The highest BCUT2D eigenvalue weighted by Crippen LogP contribution is 2.34. The van der Waals surface area contributed by atoms with Gasteiger partial charge < -0.3 is 5.32 Å². The van der Waals surface area contributed by atoms with Crippen molar-refractivity contribution >= 4 is 59.4 Å². The van der Waals surface area contributed by atoms with Crippen LogP contribution in [0, 0.1) is 0 Å². The van der Waals surface area contributed by atoms with E-state index < -0.39 is 0 Å². The van der Waals surface area contributed by atoms with Crippen LogP contribution in [0.3, 0.4) is 0 Å². The number of anilines is 1. The number of guanidine groups is 1. The van der Waals surface area contributed by atoms with Crippen LogP contribution in [0.25, 0.3) is 0 Å². The first-order chi connectivity index (χ1) is 8.10. The zero-order valence-corrected chi connectivity index (χ0v) is 13.6. The summed E-state index contributed by atoms with van der Waals surface area (Å²) < 4.78 is 2.85. The quantitative estimate of drug-likeness (QED) is 0.294. The summed E-state index contributed by atoms with van der Waals surface area (Å²) in [6, 6.07) is 4.32. The number of rotatable bonds is 2. The van der Waals surface area contributed by atoms with Crippen LogP contribution in [0.5, 0.6) is 0 Å². The van der Waals surface area contributed by atoms with E-state index in [-0.39, 0.29) is 0 Å². The summed E-state index contributed by atoms with van der Waals surface area (Å²) in [5.41, 5.74) is 3.47. The van der Waals surface area contributed by atoms with Crippen LogP contribution in [-0.2, 0) is 0 Å². The molecule has 2 rings (SSSR count). The van der Waals surface area contributed by atoms with Crippen molar-refractivity contribution in [1.82, 2.24) is 5.43 Å². The van der Waals surface area contributed by atoms with Gasteiger partial charge in [-0.2, -0.15) is 0 Å². The van der Waals surface area contributed by atoms with Crippen molar-refractivity contribution in [2.45, 2.75) is 18.9 Å². The Hall–Kier alpha value is -0.110. The Morgan fingerprint density at radius 3 is 2.29 bits per heavy atom. The lowest BCUT2D eigenvalue weighted by Crippen LogP contribution is -2.36. The predicted molar refractivity (Wildman–Crippen MR) is 80.9 cm³/mol. The molecule has 0 saturated heterocycles. The third kappa shape index (κ3) is 3.67. The van der Waals surface area contributed by atoms with E-state index in [1.807, 2.05) is 12.1 Å². The second-order valence-corrected chi connectivity index (χ2v) is 6.35. The number of nitrogens with one attached hydrogen (secondary N) is 2. The van der Waals surface area contributed by atoms with Gasteiger partial charge in [0.1, 0.15) is 0 Å². The molecule has 0 heterocycles. The van der Waals surface area contributed by atoms with Crippen LogP contribution in [-0.4, -0.2) is 12.0 Å². The monoisotopic (exact) mass is 424 g/mol. The maximum atomic E-state index is 5.44. The van der Waals surface area contributed by atoms with E-state index in [4.69, 9.17) is 5.84 Å². The Morgan fingerprint density at radius 2 is 1.82 bits per heavy atom. The normalized spacial score (nSPS) is 15.9. The summed E-state index contributed by atoms with van der Waals surface area (Å²) in [4.78, 5) is 4.42. The molecule has 1 aliphatic rings. The van der Waals surface area contributed by atoms with Gasteiger partial charge in [0.25, 0.3) is 0 Å². The minimum Gasteiger partial charge on any atom is -0.323 e. The fraction of sp³-hybridized carbons (Fsp3) is 0.300. The molecule has 4 nitrogen and oxygen atoms in total. The van der Waals surface area contributed by atoms with Gasteiger partial charge in [0, 0.05) is 13.4 Å². The largest absolute Gasteiger partial charge is 0.323 e. The molecule has 0 aromatic heterocycles. The van der Waals surface area contributed by atoms with Crippen molar-refractivity contribution in [2.24, 2.45) is 10.8 Å². The number of hydrogen-bond acceptors (Lipinski definition) is 2. The molecule has 0 radical (unpaired) electrons. The molecule has 92 valence electrons. The molecule has 7 heteroatoms. The van der Waals surface area contributed by atoms with Gasteiger partial charge in [-0.25, -0.2) is 10.8 Å². The second-order valence-electron chi connectivity index (χ2n) is 3.72. The van der Waals surface area contributed by atoms with Crippen molar-refractivity contribution in [3.63, 3.8) is 0 Å². The molecule has 17 heavy (non-hydrogen) atoms. The lowest BCUT2D eigenvalue weighted by Gasteiger charge is -2.13. The zero-order valence-electron chi connectivity index (χ0n) is 8.80.